The van der Waals surface area contributed by atoms with Crippen LogP contribution in [0.2, 0.25) is 5.02 Å². The number of halogens is 1. The van der Waals surface area contributed by atoms with E-state index in [1.165, 1.54) is 12.3 Å². The topological polar surface area (TPSA) is 76.0 Å². The molecular formula is C10H7ClN2O2. The molecule has 15 heavy (non-hydrogen) atoms. The maximum absolute atomic E-state index is 11.4. The van der Waals surface area contributed by atoms with Gasteiger partial charge in [0.15, 0.2) is 0 Å². The third-order valence-electron chi connectivity index (χ3n) is 2.13. The van der Waals surface area contributed by atoms with E-state index in [4.69, 9.17) is 17.3 Å². The Hall–Kier alpha value is -1.81. The molecule has 0 unspecified atom stereocenters. The standard InChI is InChI=1S/C10H7ClN2O2/c11-5-1-2-6-7(3-5)10(15)13-4-8(6)9(12)14/h1-4H,(H2,12,14)(H,13,15). The van der Waals surface area contributed by atoms with Crippen LogP contribution in [0.3, 0.4) is 0 Å². The Morgan fingerprint density at radius 3 is 2.73 bits per heavy atom. The largest absolute Gasteiger partial charge is 0.366 e. The summed E-state index contributed by atoms with van der Waals surface area (Å²) in [6.45, 7) is 0. The van der Waals surface area contributed by atoms with Gasteiger partial charge in [-0.2, -0.15) is 0 Å². The number of hydrogen-bond acceptors (Lipinski definition) is 2. The molecule has 2 rings (SSSR count). The van der Waals surface area contributed by atoms with Crippen LogP contribution in [0.5, 0.6) is 0 Å². The molecule has 76 valence electrons. The average Bonchev–Trinajstić information content (AvgIpc) is 2.19. The van der Waals surface area contributed by atoms with Crippen molar-refractivity contribution >= 4 is 28.3 Å². The number of aromatic amines is 1. The molecule has 2 aromatic rings. The molecule has 4 nitrogen and oxygen atoms in total. The normalized spacial score (nSPS) is 10.5. The quantitative estimate of drug-likeness (QED) is 0.763. The van der Waals surface area contributed by atoms with Gasteiger partial charge in [0.25, 0.3) is 11.5 Å². The van der Waals surface area contributed by atoms with Gasteiger partial charge in [-0.1, -0.05) is 17.7 Å². The van der Waals surface area contributed by atoms with Gasteiger partial charge in [-0.05, 0) is 12.1 Å². The third-order valence-corrected chi connectivity index (χ3v) is 2.36. The molecule has 1 heterocycles. The average molecular weight is 223 g/mol. The van der Waals surface area contributed by atoms with Crippen molar-refractivity contribution in [3.8, 4) is 0 Å². The highest BCUT2D eigenvalue weighted by Gasteiger charge is 2.08. The predicted molar refractivity (Wildman–Crippen MR) is 58.1 cm³/mol. The number of H-pyrrole nitrogens is 1. The molecule has 1 aromatic carbocycles. The van der Waals surface area contributed by atoms with Crippen LogP contribution in [0.4, 0.5) is 0 Å². The second-order valence-corrected chi connectivity index (χ2v) is 3.52. The fraction of sp³-hybridized carbons (Fsp3) is 0. The number of benzene rings is 1. The molecule has 0 aliphatic carbocycles. The molecule has 0 saturated carbocycles. The van der Waals surface area contributed by atoms with E-state index >= 15 is 0 Å². The fourth-order valence-electron chi connectivity index (χ4n) is 1.44. The number of carbonyl (C=O) groups is 1. The van der Waals surface area contributed by atoms with Gasteiger partial charge < -0.3 is 10.7 Å². The Morgan fingerprint density at radius 1 is 1.33 bits per heavy atom. The lowest BCUT2D eigenvalue weighted by atomic mass is 10.1. The van der Waals surface area contributed by atoms with Crippen LogP contribution in [0.25, 0.3) is 10.8 Å². The highest BCUT2D eigenvalue weighted by Crippen LogP contribution is 2.18. The first-order valence-electron chi connectivity index (χ1n) is 4.20. The second-order valence-electron chi connectivity index (χ2n) is 3.09. The fourth-order valence-corrected chi connectivity index (χ4v) is 1.61. The highest BCUT2D eigenvalue weighted by atomic mass is 35.5. The van der Waals surface area contributed by atoms with Gasteiger partial charge in [-0.15, -0.1) is 0 Å². The van der Waals surface area contributed by atoms with Gasteiger partial charge in [-0.3, -0.25) is 9.59 Å². The van der Waals surface area contributed by atoms with Crippen molar-refractivity contribution in [2.24, 2.45) is 5.73 Å². The lowest BCUT2D eigenvalue weighted by molar-refractivity contribution is 0.100. The van der Waals surface area contributed by atoms with Gasteiger partial charge in [0.2, 0.25) is 0 Å². The van der Waals surface area contributed by atoms with E-state index in [0.29, 0.717) is 15.8 Å². The van der Waals surface area contributed by atoms with E-state index in [9.17, 15) is 9.59 Å². The minimum Gasteiger partial charge on any atom is -0.366 e. The molecule has 0 saturated heterocycles. The van der Waals surface area contributed by atoms with E-state index in [1.807, 2.05) is 0 Å². The Kier molecular flexibility index (Phi) is 2.21. The molecule has 3 N–H and O–H groups in total. The number of rotatable bonds is 1. The minimum absolute atomic E-state index is 0.279. The molecule has 0 fully saturated rings. The SMILES string of the molecule is NC(=O)c1c[nH]c(=O)c2cc(Cl)ccc12. The van der Waals surface area contributed by atoms with Gasteiger partial charge in [0.05, 0.1) is 5.56 Å². The zero-order chi connectivity index (χ0) is 11.0. The summed E-state index contributed by atoms with van der Waals surface area (Å²) in [6.07, 6.45) is 1.31. The van der Waals surface area contributed by atoms with Crippen LogP contribution >= 0.6 is 11.6 Å². The van der Waals surface area contributed by atoms with Gasteiger partial charge in [-0.25, -0.2) is 0 Å². The summed E-state index contributed by atoms with van der Waals surface area (Å²) >= 11 is 5.75. The monoisotopic (exact) mass is 222 g/mol. The van der Waals surface area contributed by atoms with E-state index in [1.54, 1.807) is 12.1 Å². The summed E-state index contributed by atoms with van der Waals surface area (Å²) in [4.78, 5) is 25.0. The first-order chi connectivity index (χ1) is 7.09. The second kappa shape index (κ2) is 3.40. The van der Waals surface area contributed by atoms with E-state index < -0.39 is 5.91 Å². The van der Waals surface area contributed by atoms with Crippen LogP contribution in [-0.4, -0.2) is 10.9 Å². The number of hydrogen-bond donors (Lipinski definition) is 2. The highest BCUT2D eigenvalue weighted by molar-refractivity contribution is 6.31. The Morgan fingerprint density at radius 2 is 2.07 bits per heavy atom. The molecule has 1 amide bonds. The van der Waals surface area contributed by atoms with Crippen LogP contribution in [0.1, 0.15) is 10.4 Å². The van der Waals surface area contributed by atoms with Crippen molar-refractivity contribution in [2.45, 2.75) is 0 Å². The minimum atomic E-state index is -0.585. The smallest absolute Gasteiger partial charge is 0.255 e. The summed E-state index contributed by atoms with van der Waals surface area (Å²) in [5.74, 6) is -0.585. The summed E-state index contributed by atoms with van der Waals surface area (Å²) < 4.78 is 0. The molecular weight excluding hydrogens is 216 g/mol. The molecule has 0 bridgehead atoms. The van der Waals surface area contributed by atoms with Crippen molar-refractivity contribution in [2.75, 3.05) is 0 Å². The first-order valence-corrected chi connectivity index (χ1v) is 4.58. The van der Waals surface area contributed by atoms with Crippen LogP contribution in [-0.2, 0) is 0 Å². The maximum atomic E-state index is 11.4. The van der Waals surface area contributed by atoms with Crippen molar-refractivity contribution < 1.29 is 4.79 Å². The lowest BCUT2D eigenvalue weighted by Gasteiger charge is -2.02. The van der Waals surface area contributed by atoms with Crippen LogP contribution in [0, 0.1) is 0 Å². The van der Waals surface area contributed by atoms with Gasteiger partial charge in [0.1, 0.15) is 0 Å². The maximum Gasteiger partial charge on any atom is 0.255 e. The molecule has 0 atom stereocenters. The Balaban J connectivity index is 2.95. The Bertz CT molecular complexity index is 604. The van der Waals surface area contributed by atoms with E-state index in [2.05, 4.69) is 4.98 Å². The van der Waals surface area contributed by atoms with Gasteiger partial charge >= 0.3 is 0 Å². The van der Waals surface area contributed by atoms with Crippen molar-refractivity contribution in [3.63, 3.8) is 0 Å². The molecule has 0 radical (unpaired) electrons. The number of nitrogens with one attached hydrogen (secondary N) is 1. The number of pyridine rings is 1. The lowest BCUT2D eigenvalue weighted by Crippen LogP contribution is -2.15. The van der Waals surface area contributed by atoms with Gasteiger partial charge in [0, 0.05) is 22.0 Å². The van der Waals surface area contributed by atoms with E-state index in [-0.39, 0.29) is 11.1 Å². The molecule has 0 aliphatic rings. The number of primary amides is 1. The predicted octanol–water partition coefficient (Wildman–Crippen LogP) is 1.28. The Labute approximate surface area is 89.7 Å². The number of amides is 1. The van der Waals surface area contributed by atoms with Crippen LogP contribution < -0.4 is 11.3 Å². The summed E-state index contributed by atoms with van der Waals surface area (Å²) in [7, 11) is 0. The number of fused-ring (bicyclic) bond motifs is 1. The molecule has 5 heteroatoms. The molecule has 1 aromatic heterocycles. The van der Waals surface area contributed by atoms with Crippen LogP contribution in [0.15, 0.2) is 29.2 Å². The number of nitrogens with two attached hydrogens (primary N) is 1. The summed E-state index contributed by atoms with van der Waals surface area (Å²) in [5.41, 5.74) is 5.16. The van der Waals surface area contributed by atoms with E-state index in [0.717, 1.165) is 0 Å². The number of carbonyl (C=O) groups excluding carboxylic acids is 1. The molecule has 0 aliphatic heterocycles. The van der Waals surface area contributed by atoms with Crippen molar-refractivity contribution in [1.29, 1.82) is 0 Å². The summed E-state index contributed by atoms with van der Waals surface area (Å²) in [6, 6.07) is 4.71. The zero-order valence-electron chi connectivity index (χ0n) is 7.58. The summed E-state index contributed by atoms with van der Waals surface area (Å²) in [5, 5.41) is 1.31. The zero-order valence-corrected chi connectivity index (χ0v) is 8.34. The first kappa shape index (κ1) is 9.73. The van der Waals surface area contributed by atoms with Crippen molar-refractivity contribution in [1.82, 2.24) is 4.98 Å². The molecule has 0 spiro atoms. The number of aromatic nitrogens is 1. The third kappa shape index (κ3) is 1.59. The van der Waals surface area contributed by atoms with Crippen molar-refractivity contribution in [3.05, 3.63) is 45.3 Å².